The molecule has 0 saturated carbocycles. The highest BCUT2D eigenvalue weighted by Crippen LogP contribution is 1.95. The summed E-state index contributed by atoms with van der Waals surface area (Å²) in [7, 11) is 0. The van der Waals surface area contributed by atoms with Crippen molar-refractivity contribution in [3.8, 4) is 6.07 Å². The van der Waals surface area contributed by atoms with Crippen molar-refractivity contribution < 1.29 is 0 Å². The van der Waals surface area contributed by atoms with Gasteiger partial charge in [-0.2, -0.15) is 5.26 Å². The Morgan fingerprint density at radius 2 is 2.22 bits per heavy atom. The fourth-order valence-electron chi connectivity index (χ4n) is 0.480. The van der Waals surface area contributed by atoms with Crippen LogP contribution in [0.2, 0.25) is 0 Å². The molecule has 0 aliphatic carbocycles. The summed E-state index contributed by atoms with van der Waals surface area (Å²) in [5.41, 5.74) is 0. The lowest BCUT2D eigenvalue weighted by atomic mass is 10.2. The smallest absolute Gasteiger partial charge is 0.0621 e. The highest BCUT2D eigenvalue weighted by molar-refractivity contribution is 14.1. The van der Waals surface area contributed by atoms with Crippen LogP contribution in [0.4, 0.5) is 0 Å². The van der Waals surface area contributed by atoms with Crippen molar-refractivity contribution in [2.75, 3.05) is 4.43 Å². The molecule has 0 spiro atoms. The van der Waals surface area contributed by atoms with Gasteiger partial charge < -0.3 is 0 Å². The van der Waals surface area contributed by atoms with Gasteiger partial charge >= 0.3 is 0 Å². The van der Waals surface area contributed by atoms with E-state index in [9.17, 15) is 0 Å². The molecule has 0 aromatic rings. The van der Waals surface area contributed by atoms with Crippen molar-refractivity contribution in [1.82, 2.24) is 0 Å². The molecule has 0 aliphatic heterocycles. The molecule has 0 saturated heterocycles. The average Bonchev–Trinajstić information content (AvgIpc) is 1.89. The number of nitrogens with zero attached hydrogens (tertiary/aromatic N) is 1. The molecule has 0 radical (unpaired) electrons. The zero-order chi connectivity index (χ0) is 6.95. The van der Waals surface area contributed by atoms with Gasteiger partial charge in [0, 0.05) is 10.8 Å². The lowest BCUT2D eigenvalue weighted by molar-refractivity contribution is 0.876. The number of alkyl halides is 1. The van der Waals surface area contributed by atoms with E-state index < -0.39 is 0 Å². The Morgan fingerprint density at radius 1 is 1.44 bits per heavy atom. The second-order valence-corrected chi connectivity index (χ2v) is 2.56. The van der Waals surface area contributed by atoms with E-state index in [4.69, 9.17) is 5.26 Å². The second-order valence-electron chi connectivity index (χ2n) is 1.68. The highest BCUT2D eigenvalue weighted by Gasteiger charge is 1.79. The van der Waals surface area contributed by atoms with Gasteiger partial charge in [0.15, 0.2) is 0 Å². The molecule has 0 heterocycles. The van der Waals surface area contributed by atoms with Gasteiger partial charge in [-0.05, 0) is 12.8 Å². The molecule has 2 heteroatoms. The summed E-state index contributed by atoms with van der Waals surface area (Å²) in [5, 5.41) is 8.15. The van der Waals surface area contributed by atoms with Crippen LogP contribution in [0.25, 0.3) is 0 Å². The lowest BCUT2D eigenvalue weighted by Crippen LogP contribution is -1.68. The Balaban J connectivity index is 2.92. The largest absolute Gasteiger partial charge is 0.198 e. The third-order valence-corrected chi connectivity index (χ3v) is 1.42. The Kier molecular flexibility index (Phi) is 7.92. The third kappa shape index (κ3) is 7.96. The minimum atomic E-state index is 0.686. The summed E-state index contributed by atoms with van der Waals surface area (Å²) in [6.07, 6.45) is 6.99. The van der Waals surface area contributed by atoms with Crippen molar-refractivity contribution in [3.63, 3.8) is 0 Å². The van der Waals surface area contributed by atoms with E-state index in [0.717, 1.165) is 17.3 Å². The maximum atomic E-state index is 8.15. The normalized spacial score (nSPS) is 9.78. The molecule has 0 fully saturated rings. The fraction of sp³-hybridized carbons (Fsp3) is 0.571. The Hall–Kier alpha value is -0.0400. The van der Waals surface area contributed by atoms with Crippen LogP contribution in [0, 0.1) is 11.3 Å². The summed E-state index contributed by atoms with van der Waals surface area (Å²) in [6.45, 7) is 0. The van der Waals surface area contributed by atoms with Crippen molar-refractivity contribution in [1.29, 1.82) is 5.26 Å². The first-order valence-electron chi connectivity index (χ1n) is 2.99. The summed E-state index contributed by atoms with van der Waals surface area (Å²) >= 11 is 2.30. The number of unbranched alkanes of at least 4 members (excludes halogenated alkanes) is 2. The van der Waals surface area contributed by atoms with Gasteiger partial charge in [-0.3, -0.25) is 0 Å². The van der Waals surface area contributed by atoms with Crippen molar-refractivity contribution >= 4 is 22.6 Å². The molecule has 0 bridgehead atoms. The summed E-state index contributed by atoms with van der Waals surface area (Å²) in [4.78, 5) is 0. The number of halogens is 1. The summed E-state index contributed by atoms with van der Waals surface area (Å²) < 4.78 is 1.07. The zero-order valence-corrected chi connectivity index (χ0v) is 7.47. The fourth-order valence-corrected chi connectivity index (χ4v) is 0.839. The molecule has 50 valence electrons. The SMILES string of the molecule is N#CCCCC=CCI. The van der Waals surface area contributed by atoms with E-state index in [1.54, 1.807) is 0 Å². The van der Waals surface area contributed by atoms with Crippen LogP contribution in [0.1, 0.15) is 19.3 Å². The molecular weight excluding hydrogens is 225 g/mol. The molecule has 0 rings (SSSR count). The number of hydrogen-bond acceptors (Lipinski definition) is 1. The monoisotopic (exact) mass is 235 g/mol. The molecular formula is C7H10IN. The predicted octanol–water partition coefficient (Wildman–Crippen LogP) is 2.67. The van der Waals surface area contributed by atoms with E-state index in [2.05, 4.69) is 40.8 Å². The average molecular weight is 235 g/mol. The van der Waals surface area contributed by atoms with Crippen LogP contribution in [0.15, 0.2) is 12.2 Å². The summed E-state index contributed by atoms with van der Waals surface area (Å²) in [5.74, 6) is 0. The molecule has 0 unspecified atom stereocenters. The van der Waals surface area contributed by atoms with Crippen LogP contribution in [0.3, 0.4) is 0 Å². The zero-order valence-electron chi connectivity index (χ0n) is 5.31. The Labute approximate surface area is 69.9 Å². The molecule has 0 aromatic heterocycles. The number of allylic oxidation sites excluding steroid dienone is 2. The van der Waals surface area contributed by atoms with Crippen molar-refractivity contribution in [2.45, 2.75) is 19.3 Å². The van der Waals surface area contributed by atoms with Crippen LogP contribution < -0.4 is 0 Å². The van der Waals surface area contributed by atoms with Gasteiger partial charge in [-0.1, -0.05) is 34.7 Å². The highest BCUT2D eigenvalue weighted by atomic mass is 127. The lowest BCUT2D eigenvalue weighted by Gasteiger charge is -1.83. The van der Waals surface area contributed by atoms with Gasteiger partial charge in [0.1, 0.15) is 0 Å². The molecule has 0 atom stereocenters. The number of rotatable bonds is 4. The molecule has 0 aliphatic rings. The van der Waals surface area contributed by atoms with Gasteiger partial charge in [0.25, 0.3) is 0 Å². The molecule has 0 amide bonds. The predicted molar refractivity (Wildman–Crippen MR) is 47.5 cm³/mol. The van der Waals surface area contributed by atoms with E-state index in [0.29, 0.717) is 6.42 Å². The van der Waals surface area contributed by atoms with Crippen LogP contribution in [0.5, 0.6) is 0 Å². The quantitative estimate of drug-likeness (QED) is 0.318. The second kappa shape index (κ2) is 7.96. The summed E-state index contributed by atoms with van der Waals surface area (Å²) in [6, 6.07) is 2.11. The Bertz CT molecular complexity index is 113. The molecule has 0 N–H and O–H groups in total. The first kappa shape index (κ1) is 8.96. The minimum absolute atomic E-state index is 0.686. The molecule has 1 nitrogen and oxygen atoms in total. The van der Waals surface area contributed by atoms with Gasteiger partial charge in [-0.25, -0.2) is 0 Å². The third-order valence-electron chi connectivity index (χ3n) is 0.915. The first-order chi connectivity index (χ1) is 4.41. The van der Waals surface area contributed by atoms with E-state index >= 15 is 0 Å². The van der Waals surface area contributed by atoms with Crippen LogP contribution in [-0.2, 0) is 0 Å². The first-order valence-corrected chi connectivity index (χ1v) is 4.52. The Morgan fingerprint density at radius 3 is 2.78 bits per heavy atom. The van der Waals surface area contributed by atoms with Gasteiger partial charge in [0.2, 0.25) is 0 Å². The number of hydrogen-bond donors (Lipinski definition) is 0. The topological polar surface area (TPSA) is 23.8 Å². The maximum Gasteiger partial charge on any atom is 0.0621 e. The van der Waals surface area contributed by atoms with Crippen molar-refractivity contribution in [2.24, 2.45) is 0 Å². The van der Waals surface area contributed by atoms with E-state index in [1.165, 1.54) is 0 Å². The number of nitriles is 1. The van der Waals surface area contributed by atoms with Gasteiger partial charge in [-0.15, -0.1) is 0 Å². The maximum absolute atomic E-state index is 8.15. The van der Waals surface area contributed by atoms with Crippen LogP contribution in [-0.4, -0.2) is 4.43 Å². The standard InChI is InChI=1S/C7H10IN/c8-6-4-2-1-3-5-7-9/h2,4H,1,3,5-6H2. The van der Waals surface area contributed by atoms with E-state index in [-0.39, 0.29) is 0 Å². The van der Waals surface area contributed by atoms with E-state index in [1.807, 2.05) is 0 Å². The van der Waals surface area contributed by atoms with Gasteiger partial charge in [0.05, 0.1) is 6.07 Å². The van der Waals surface area contributed by atoms with Crippen LogP contribution >= 0.6 is 22.6 Å². The molecule has 0 aromatic carbocycles. The van der Waals surface area contributed by atoms with Crippen molar-refractivity contribution in [3.05, 3.63) is 12.2 Å². The molecule has 9 heavy (non-hydrogen) atoms. The minimum Gasteiger partial charge on any atom is -0.198 e.